The highest BCUT2D eigenvalue weighted by molar-refractivity contribution is 5.77. The third kappa shape index (κ3) is 10.2. The summed E-state index contributed by atoms with van der Waals surface area (Å²) in [5, 5.41) is 5.89. The molecular weight excluding hydrogens is 218 g/mol. The van der Waals surface area contributed by atoms with Crippen molar-refractivity contribution in [1.29, 1.82) is 0 Å². The first-order valence-electron chi connectivity index (χ1n) is 6.24. The second-order valence-electron chi connectivity index (χ2n) is 4.45. The summed E-state index contributed by atoms with van der Waals surface area (Å²) in [6.07, 6.45) is 0.985. The van der Waals surface area contributed by atoms with Crippen LogP contribution in [0.5, 0.6) is 0 Å². The minimum absolute atomic E-state index is 0.0494. The molecule has 0 bridgehead atoms. The molecule has 0 aliphatic heterocycles. The Morgan fingerprint density at radius 3 is 2.65 bits per heavy atom. The Morgan fingerprint density at radius 2 is 2.06 bits per heavy atom. The molecular formula is C12H27N3O2. The van der Waals surface area contributed by atoms with Crippen molar-refractivity contribution in [3.63, 3.8) is 0 Å². The third-order valence-electron chi connectivity index (χ3n) is 2.66. The number of methoxy groups -OCH3 is 1. The standard InChI is InChI=1S/C12H27N3O2/c1-11(2)15(3)8-5-6-14-12(16)10-13-7-9-17-4/h11,13H,5-10H2,1-4H3,(H,14,16). The van der Waals surface area contributed by atoms with Crippen molar-refractivity contribution < 1.29 is 9.53 Å². The minimum atomic E-state index is 0.0494. The molecule has 0 fully saturated rings. The van der Waals surface area contributed by atoms with E-state index in [0.29, 0.717) is 25.7 Å². The van der Waals surface area contributed by atoms with E-state index in [0.717, 1.165) is 19.5 Å². The average molecular weight is 245 g/mol. The molecule has 0 aliphatic carbocycles. The lowest BCUT2D eigenvalue weighted by Crippen LogP contribution is -2.37. The Bertz CT molecular complexity index is 198. The van der Waals surface area contributed by atoms with Crippen molar-refractivity contribution >= 4 is 5.91 Å². The summed E-state index contributed by atoms with van der Waals surface area (Å²) in [5.41, 5.74) is 0. The molecule has 0 atom stereocenters. The molecule has 0 saturated heterocycles. The SMILES string of the molecule is COCCNCC(=O)NCCCN(C)C(C)C. The quantitative estimate of drug-likeness (QED) is 0.535. The van der Waals surface area contributed by atoms with E-state index in [4.69, 9.17) is 4.74 Å². The van der Waals surface area contributed by atoms with E-state index in [2.05, 4.69) is 36.4 Å². The summed E-state index contributed by atoms with van der Waals surface area (Å²) in [5.74, 6) is 0.0494. The lowest BCUT2D eigenvalue weighted by Gasteiger charge is -2.20. The van der Waals surface area contributed by atoms with Gasteiger partial charge < -0.3 is 20.3 Å². The zero-order valence-electron chi connectivity index (χ0n) is 11.6. The fourth-order valence-electron chi connectivity index (χ4n) is 1.25. The largest absolute Gasteiger partial charge is 0.383 e. The Labute approximate surface area is 105 Å². The molecule has 0 aromatic carbocycles. The van der Waals surface area contributed by atoms with E-state index in [1.54, 1.807) is 7.11 Å². The first-order chi connectivity index (χ1) is 8.07. The fraction of sp³-hybridized carbons (Fsp3) is 0.917. The van der Waals surface area contributed by atoms with Gasteiger partial charge in [-0.25, -0.2) is 0 Å². The van der Waals surface area contributed by atoms with Gasteiger partial charge in [-0.1, -0.05) is 0 Å². The molecule has 0 heterocycles. The molecule has 1 amide bonds. The molecule has 2 N–H and O–H groups in total. The second-order valence-corrected chi connectivity index (χ2v) is 4.45. The van der Waals surface area contributed by atoms with Gasteiger partial charge in [0.05, 0.1) is 13.2 Å². The van der Waals surface area contributed by atoms with Gasteiger partial charge in [-0.3, -0.25) is 4.79 Å². The van der Waals surface area contributed by atoms with Gasteiger partial charge in [0, 0.05) is 26.2 Å². The van der Waals surface area contributed by atoms with Gasteiger partial charge in [0.1, 0.15) is 0 Å². The molecule has 0 unspecified atom stereocenters. The molecule has 0 rings (SSSR count). The number of rotatable bonds is 10. The van der Waals surface area contributed by atoms with E-state index in [1.165, 1.54) is 0 Å². The number of nitrogens with one attached hydrogen (secondary N) is 2. The van der Waals surface area contributed by atoms with E-state index in [9.17, 15) is 4.79 Å². The summed E-state index contributed by atoms with van der Waals surface area (Å²) < 4.78 is 4.87. The summed E-state index contributed by atoms with van der Waals surface area (Å²) in [4.78, 5) is 13.6. The van der Waals surface area contributed by atoms with Crippen LogP contribution in [0.1, 0.15) is 20.3 Å². The first-order valence-corrected chi connectivity index (χ1v) is 6.24. The minimum Gasteiger partial charge on any atom is -0.383 e. The maximum absolute atomic E-state index is 11.4. The molecule has 0 spiro atoms. The highest BCUT2D eigenvalue weighted by Gasteiger charge is 2.03. The number of nitrogens with zero attached hydrogens (tertiary/aromatic N) is 1. The molecule has 5 nitrogen and oxygen atoms in total. The van der Waals surface area contributed by atoms with Crippen molar-refractivity contribution in [2.24, 2.45) is 0 Å². The highest BCUT2D eigenvalue weighted by atomic mass is 16.5. The predicted molar refractivity (Wildman–Crippen MR) is 70.1 cm³/mol. The number of ether oxygens (including phenoxy) is 1. The zero-order chi connectivity index (χ0) is 13.1. The van der Waals surface area contributed by atoms with Crippen molar-refractivity contribution in [3.8, 4) is 0 Å². The van der Waals surface area contributed by atoms with Crippen LogP contribution in [0.25, 0.3) is 0 Å². The van der Waals surface area contributed by atoms with Gasteiger partial charge in [-0.05, 0) is 33.9 Å². The first kappa shape index (κ1) is 16.4. The van der Waals surface area contributed by atoms with Crippen LogP contribution >= 0.6 is 0 Å². The topological polar surface area (TPSA) is 53.6 Å². The van der Waals surface area contributed by atoms with Crippen LogP contribution in [0, 0.1) is 0 Å². The summed E-state index contributed by atoms with van der Waals surface area (Å²) in [6.45, 7) is 7.78. The Kier molecular flexibility index (Phi) is 10.1. The summed E-state index contributed by atoms with van der Waals surface area (Å²) >= 11 is 0. The van der Waals surface area contributed by atoms with Crippen LogP contribution in [0.4, 0.5) is 0 Å². The van der Waals surface area contributed by atoms with Crippen LogP contribution in [0.3, 0.4) is 0 Å². The number of carbonyl (C=O) groups is 1. The Balaban J connectivity index is 3.33. The second kappa shape index (κ2) is 10.5. The normalized spacial score (nSPS) is 11.2. The van der Waals surface area contributed by atoms with Crippen LogP contribution in [0.2, 0.25) is 0 Å². The van der Waals surface area contributed by atoms with Crippen molar-refractivity contribution in [2.75, 3.05) is 46.9 Å². The van der Waals surface area contributed by atoms with E-state index in [1.807, 2.05) is 0 Å². The number of hydrogen-bond donors (Lipinski definition) is 2. The molecule has 0 aromatic heterocycles. The van der Waals surface area contributed by atoms with Crippen LogP contribution in [-0.4, -0.2) is 63.8 Å². The number of hydrogen-bond acceptors (Lipinski definition) is 4. The predicted octanol–water partition coefficient (Wildman–Crippen LogP) is 0.0689. The maximum Gasteiger partial charge on any atom is 0.233 e. The van der Waals surface area contributed by atoms with Gasteiger partial charge in [0.25, 0.3) is 0 Å². The molecule has 102 valence electrons. The van der Waals surface area contributed by atoms with Gasteiger partial charge in [-0.2, -0.15) is 0 Å². The van der Waals surface area contributed by atoms with E-state index < -0.39 is 0 Å². The number of amides is 1. The summed E-state index contributed by atoms with van der Waals surface area (Å²) in [6, 6.07) is 0.557. The van der Waals surface area contributed by atoms with Gasteiger partial charge >= 0.3 is 0 Å². The summed E-state index contributed by atoms with van der Waals surface area (Å²) in [7, 11) is 3.74. The molecule has 0 radical (unpaired) electrons. The van der Waals surface area contributed by atoms with E-state index in [-0.39, 0.29) is 5.91 Å². The van der Waals surface area contributed by atoms with Crippen LogP contribution < -0.4 is 10.6 Å². The molecule has 0 aromatic rings. The van der Waals surface area contributed by atoms with Gasteiger partial charge in [0.15, 0.2) is 0 Å². The van der Waals surface area contributed by atoms with Gasteiger partial charge in [-0.15, -0.1) is 0 Å². The highest BCUT2D eigenvalue weighted by Crippen LogP contribution is 1.93. The van der Waals surface area contributed by atoms with E-state index >= 15 is 0 Å². The Morgan fingerprint density at radius 1 is 1.35 bits per heavy atom. The zero-order valence-corrected chi connectivity index (χ0v) is 11.6. The monoisotopic (exact) mass is 245 g/mol. The molecule has 17 heavy (non-hydrogen) atoms. The third-order valence-corrected chi connectivity index (χ3v) is 2.66. The number of carbonyl (C=O) groups excluding carboxylic acids is 1. The smallest absolute Gasteiger partial charge is 0.233 e. The van der Waals surface area contributed by atoms with Crippen molar-refractivity contribution in [3.05, 3.63) is 0 Å². The van der Waals surface area contributed by atoms with Crippen LogP contribution in [0.15, 0.2) is 0 Å². The average Bonchev–Trinajstić information content (AvgIpc) is 2.29. The maximum atomic E-state index is 11.4. The lowest BCUT2D eigenvalue weighted by molar-refractivity contribution is -0.120. The van der Waals surface area contributed by atoms with Gasteiger partial charge in [0.2, 0.25) is 5.91 Å². The Hall–Kier alpha value is -0.650. The molecule has 0 aliphatic rings. The van der Waals surface area contributed by atoms with Crippen molar-refractivity contribution in [1.82, 2.24) is 15.5 Å². The fourth-order valence-corrected chi connectivity index (χ4v) is 1.25. The molecule has 0 saturated carbocycles. The van der Waals surface area contributed by atoms with Crippen LogP contribution in [-0.2, 0) is 9.53 Å². The lowest BCUT2D eigenvalue weighted by atomic mass is 10.3. The molecule has 5 heteroatoms. The van der Waals surface area contributed by atoms with Crippen molar-refractivity contribution in [2.45, 2.75) is 26.3 Å².